The molecule has 0 aliphatic heterocycles. The zero-order valence-electron chi connectivity index (χ0n) is 10.8. The average Bonchev–Trinajstić information content (AvgIpc) is 2.89. The maximum Gasteiger partial charge on any atom is 0.283 e. The molecular weight excluding hydrogens is 274 g/mol. The largest absolute Gasteiger partial charge is 0.494 e. The maximum absolute atomic E-state index is 12.4. The predicted molar refractivity (Wildman–Crippen MR) is 80.2 cm³/mol. The molecule has 2 N–H and O–H groups in total. The zero-order chi connectivity index (χ0) is 14.1. The second kappa shape index (κ2) is 4.97. The smallest absolute Gasteiger partial charge is 0.283 e. The summed E-state index contributed by atoms with van der Waals surface area (Å²) in [5, 5.41) is 0. The summed E-state index contributed by atoms with van der Waals surface area (Å²) in [6, 6.07) is 9.04. The summed E-state index contributed by atoms with van der Waals surface area (Å²) in [6.45, 7) is 2.53. The average molecular weight is 287 g/mol. The van der Waals surface area contributed by atoms with Crippen molar-refractivity contribution in [3.8, 4) is 11.4 Å². The lowest BCUT2D eigenvalue weighted by molar-refractivity contribution is 0.340. The van der Waals surface area contributed by atoms with Gasteiger partial charge in [0.2, 0.25) is 0 Å². The molecule has 0 fully saturated rings. The van der Waals surface area contributed by atoms with E-state index in [2.05, 4.69) is 9.97 Å². The molecule has 20 heavy (non-hydrogen) atoms. The van der Waals surface area contributed by atoms with E-state index in [9.17, 15) is 4.79 Å². The highest BCUT2D eigenvalue weighted by atomic mass is 32.1. The van der Waals surface area contributed by atoms with E-state index in [-0.39, 0.29) is 5.56 Å². The molecule has 0 saturated carbocycles. The Morgan fingerprint density at radius 2 is 2.00 bits per heavy atom. The molecule has 0 spiro atoms. The Kier molecular flexibility index (Phi) is 3.15. The number of fused-ring (bicyclic) bond motifs is 1. The van der Waals surface area contributed by atoms with Gasteiger partial charge >= 0.3 is 0 Å². The molecule has 0 atom stereocenters. The van der Waals surface area contributed by atoms with E-state index >= 15 is 0 Å². The fourth-order valence-electron chi connectivity index (χ4n) is 2.12. The molecule has 3 aromatic rings. The molecule has 2 aromatic heterocycles. The normalized spacial score (nSPS) is 10.8. The van der Waals surface area contributed by atoms with Gasteiger partial charge in [-0.15, -0.1) is 0 Å². The highest BCUT2D eigenvalue weighted by Crippen LogP contribution is 2.15. The third-order valence-corrected chi connectivity index (χ3v) is 3.30. The molecule has 0 aliphatic carbocycles. The Labute approximate surface area is 119 Å². The summed E-state index contributed by atoms with van der Waals surface area (Å²) >= 11 is 5.26. The fourth-order valence-corrected chi connectivity index (χ4v) is 2.42. The van der Waals surface area contributed by atoms with Crippen LogP contribution in [0.25, 0.3) is 16.7 Å². The van der Waals surface area contributed by atoms with E-state index in [4.69, 9.17) is 17.0 Å². The van der Waals surface area contributed by atoms with Crippen LogP contribution in [0.1, 0.15) is 6.92 Å². The molecule has 0 saturated heterocycles. The van der Waals surface area contributed by atoms with Crippen LogP contribution in [-0.2, 0) is 0 Å². The third-order valence-electron chi connectivity index (χ3n) is 3.01. The molecule has 102 valence electrons. The van der Waals surface area contributed by atoms with E-state index in [1.54, 1.807) is 12.3 Å². The molecule has 3 rings (SSSR count). The summed E-state index contributed by atoms with van der Waals surface area (Å²) in [5.41, 5.74) is 1.75. The number of H-pyrrole nitrogens is 2. The molecule has 0 bridgehead atoms. The number of hydrogen-bond donors (Lipinski definition) is 2. The number of hydrogen-bond acceptors (Lipinski definition) is 3. The van der Waals surface area contributed by atoms with E-state index in [0.29, 0.717) is 28.1 Å². The minimum atomic E-state index is -0.169. The van der Waals surface area contributed by atoms with Gasteiger partial charge in [-0.1, -0.05) is 0 Å². The Balaban J connectivity index is 2.18. The molecule has 2 heterocycles. The number of ether oxygens (including phenoxy) is 1. The van der Waals surface area contributed by atoms with Gasteiger partial charge in [-0.2, -0.15) is 0 Å². The summed E-state index contributed by atoms with van der Waals surface area (Å²) in [4.78, 5) is 18.4. The number of nitrogens with zero attached hydrogens (tertiary/aromatic N) is 1. The lowest BCUT2D eigenvalue weighted by Gasteiger charge is -2.08. The molecule has 6 heteroatoms. The zero-order valence-corrected chi connectivity index (χ0v) is 11.7. The van der Waals surface area contributed by atoms with Gasteiger partial charge < -0.3 is 14.7 Å². The van der Waals surface area contributed by atoms with Crippen molar-refractivity contribution in [1.29, 1.82) is 0 Å². The number of nitrogens with one attached hydrogen (secondary N) is 2. The van der Waals surface area contributed by atoms with Crippen molar-refractivity contribution in [3.05, 3.63) is 51.7 Å². The lowest BCUT2D eigenvalue weighted by Crippen LogP contribution is -2.20. The lowest BCUT2D eigenvalue weighted by atomic mass is 10.3. The van der Waals surface area contributed by atoms with Gasteiger partial charge in [0.1, 0.15) is 11.3 Å². The van der Waals surface area contributed by atoms with Gasteiger partial charge in [0.15, 0.2) is 4.77 Å². The van der Waals surface area contributed by atoms with Crippen LogP contribution < -0.4 is 10.3 Å². The summed E-state index contributed by atoms with van der Waals surface area (Å²) in [6.07, 6.45) is 1.71. The molecule has 0 aliphatic rings. The van der Waals surface area contributed by atoms with E-state index in [0.717, 1.165) is 5.75 Å². The highest BCUT2D eigenvalue weighted by molar-refractivity contribution is 7.71. The number of benzene rings is 1. The van der Waals surface area contributed by atoms with Crippen LogP contribution in [0.15, 0.2) is 41.3 Å². The van der Waals surface area contributed by atoms with Crippen LogP contribution in [0, 0.1) is 4.77 Å². The van der Waals surface area contributed by atoms with Crippen molar-refractivity contribution in [3.63, 3.8) is 0 Å². The number of aromatic amines is 2. The SMILES string of the molecule is CCOc1ccc(-n2c(=S)[nH]c3cc[nH]c3c2=O)cc1. The number of rotatable bonds is 3. The second-order valence-corrected chi connectivity index (χ2v) is 4.65. The molecule has 0 radical (unpaired) electrons. The van der Waals surface area contributed by atoms with Gasteiger partial charge in [-0.25, -0.2) is 0 Å². The molecule has 0 unspecified atom stereocenters. The van der Waals surface area contributed by atoms with Crippen LogP contribution in [0.5, 0.6) is 5.75 Å². The van der Waals surface area contributed by atoms with Gasteiger partial charge in [-0.3, -0.25) is 9.36 Å². The molecule has 5 nitrogen and oxygen atoms in total. The van der Waals surface area contributed by atoms with Crippen molar-refractivity contribution in [2.45, 2.75) is 6.92 Å². The van der Waals surface area contributed by atoms with Crippen molar-refractivity contribution < 1.29 is 4.74 Å². The first-order valence-corrected chi connectivity index (χ1v) is 6.67. The summed E-state index contributed by atoms with van der Waals surface area (Å²) in [5.74, 6) is 0.764. The van der Waals surface area contributed by atoms with Gasteiger partial charge in [0, 0.05) is 6.20 Å². The van der Waals surface area contributed by atoms with E-state index < -0.39 is 0 Å². The molecule has 1 aromatic carbocycles. The van der Waals surface area contributed by atoms with Crippen molar-refractivity contribution >= 4 is 23.3 Å². The molecular formula is C14H13N3O2S. The monoisotopic (exact) mass is 287 g/mol. The van der Waals surface area contributed by atoms with Crippen molar-refractivity contribution in [2.24, 2.45) is 0 Å². The van der Waals surface area contributed by atoms with Crippen LogP contribution in [0.3, 0.4) is 0 Å². The minimum Gasteiger partial charge on any atom is -0.494 e. The quantitative estimate of drug-likeness (QED) is 0.728. The first kappa shape index (κ1) is 12.7. The Morgan fingerprint density at radius 1 is 1.25 bits per heavy atom. The van der Waals surface area contributed by atoms with E-state index in [1.165, 1.54) is 4.57 Å². The van der Waals surface area contributed by atoms with Crippen LogP contribution in [-0.4, -0.2) is 21.1 Å². The highest BCUT2D eigenvalue weighted by Gasteiger charge is 2.08. The molecule has 0 amide bonds. The fraction of sp³-hybridized carbons (Fsp3) is 0.143. The number of aromatic nitrogens is 3. The van der Waals surface area contributed by atoms with Crippen molar-refractivity contribution in [1.82, 2.24) is 14.5 Å². The van der Waals surface area contributed by atoms with Crippen molar-refractivity contribution in [2.75, 3.05) is 6.61 Å². The standard InChI is InChI=1S/C14H13N3O2S/c1-2-19-10-5-3-9(4-6-10)17-13(18)12-11(7-8-15-12)16-14(17)20/h3-8,15H,2H2,1H3,(H,16,20). The van der Waals surface area contributed by atoms with Gasteiger partial charge in [-0.05, 0) is 49.5 Å². The minimum absolute atomic E-state index is 0.169. The first-order valence-electron chi connectivity index (χ1n) is 6.26. The van der Waals surface area contributed by atoms with Crippen LogP contribution >= 0.6 is 12.2 Å². The summed E-state index contributed by atoms with van der Waals surface area (Å²) in [7, 11) is 0. The maximum atomic E-state index is 12.4. The van der Waals surface area contributed by atoms with Crippen LogP contribution in [0.4, 0.5) is 0 Å². The first-order chi connectivity index (χ1) is 9.70. The van der Waals surface area contributed by atoms with Gasteiger partial charge in [0.25, 0.3) is 5.56 Å². The van der Waals surface area contributed by atoms with Gasteiger partial charge in [0.05, 0.1) is 17.8 Å². The third kappa shape index (κ3) is 2.04. The van der Waals surface area contributed by atoms with E-state index in [1.807, 2.05) is 31.2 Å². The Morgan fingerprint density at radius 3 is 2.70 bits per heavy atom. The van der Waals surface area contributed by atoms with Crippen LogP contribution in [0.2, 0.25) is 0 Å². The topological polar surface area (TPSA) is 62.8 Å². The summed E-state index contributed by atoms with van der Waals surface area (Å²) < 4.78 is 7.22. The predicted octanol–water partition coefficient (Wildman–Crippen LogP) is 2.78. The Hall–Kier alpha value is -2.34. The second-order valence-electron chi connectivity index (χ2n) is 4.26. The Bertz CT molecular complexity index is 858.